The average molecular weight is 283 g/mol. The summed E-state index contributed by atoms with van der Waals surface area (Å²) in [6.45, 7) is 2.57. The van der Waals surface area contributed by atoms with Gasteiger partial charge in [-0.15, -0.1) is 0 Å². The maximum absolute atomic E-state index is 10.6. The molecule has 1 aromatic carbocycles. The lowest BCUT2D eigenvalue weighted by molar-refractivity contribution is 0.0381. The summed E-state index contributed by atoms with van der Waals surface area (Å²) in [5.41, 5.74) is 7.78. The van der Waals surface area contributed by atoms with E-state index in [4.69, 9.17) is 17.3 Å². The summed E-state index contributed by atoms with van der Waals surface area (Å²) in [5, 5.41) is 14.5. The van der Waals surface area contributed by atoms with Crippen molar-refractivity contribution in [3.05, 3.63) is 22.7 Å². The highest BCUT2D eigenvalue weighted by Crippen LogP contribution is 2.30. The minimum atomic E-state index is -0.587. The number of halogens is 1. The molecule has 3 nitrogen and oxygen atoms in total. The van der Waals surface area contributed by atoms with Crippen LogP contribution in [0.5, 0.6) is 0 Å². The number of nitrogen functional groups attached to an aromatic ring is 1. The molecule has 4 heteroatoms. The minimum Gasteiger partial charge on any atom is -0.398 e. The first-order valence-corrected chi connectivity index (χ1v) is 7.40. The highest BCUT2D eigenvalue weighted by Gasteiger charge is 2.27. The van der Waals surface area contributed by atoms with E-state index in [0.717, 1.165) is 36.9 Å². The minimum absolute atomic E-state index is 0.556. The summed E-state index contributed by atoms with van der Waals surface area (Å²) in [7, 11) is 0. The van der Waals surface area contributed by atoms with Crippen molar-refractivity contribution >= 4 is 23.0 Å². The van der Waals surface area contributed by atoms with E-state index in [1.807, 2.05) is 19.1 Å². The van der Waals surface area contributed by atoms with E-state index in [-0.39, 0.29) is 0 Å². The third-order valence-corrected chi connectivity index (χ3v) is 4.31. The van der Waals surface area contributed by atoms with Crippen LogP contribution in [0, 0.1) is 6.92 Å². The highest BCUT2D eigenvalue weighted by atomic mass is 35.5. The molecule has 1 aliphatic rings. The lowest BCUT2D eigenvalue weighted by Gasteiger charge is -2.28. The molecule has 0 radical (unpaired) electrons. The SMILES string of the molecule is Cc1cc(N)c(Cl)cc1NCC1(O)CCCCCC1. The van der Waals surface area contributed by atoms with Gasteiger partial charge in [0.1, 0.15) is 0 Å². The van der Waals surface area contributed by atoms with Gasteiger partial charge in [0.25, 0.3) is 0 Å². The van der Waals surface area contributed by atoms with Crippen molar-refractivity contribution in [3.8, 4) is 0 Å². The molecule has 0 spiro atoms. The molecule has 0 amide bonds. The Morgan fingerprint density at radius 3 is 2.53 bits per heavy atom. The van der Waals surface area contributed by atoms with Crippen LogP contribution >= 0.6 is 11.6 Å². The molecule has 1 aromatic rings. The van der Waals surface area contributed by atoms with Crippen molar-refractivity contribution in [2.75, 3.05) is 17.6 Å². The van der Waals surface area contributed by atoms with Crippen molar-refractivity contribution in [2.24, 2.45) is 0 Å². The van der Waals surface area contributed by atoms with E-state index in [0.29, 0.717) is 17.3 Å². The topological polar surface area (TPSA) is 58.3 Å². The Kier molecular flexibility index (Phi) is 4.58. The summed E-state index contributed by atoms with van der Waals surface area (Å²) in [4.78, 5) is 0. The molecule has 0 atom stereocenters. The molecule has 0 heterocycles. The summed E-state index contributed by atoms with van der Waals surface area (Å²) in [6, 6.07) is 3.70. The van der Waals surface area contributed by atoms with Crippen molar-refractivity contribution in [1.29, 1.82) is 0 Å². The van der Waals surface area contributed by atoms with Crippen LogP contribution < -0.4 is 11.1 Å². The number of aliphatic hydroxyl groups is 1. The zero-order valence-electron chi connectivity index (χ0n) is 11.5. The molecule has 19 heavy (non-hydrogen) atoms. The number of aryl methyl sites for hydroxylation is 1. The van der Waals surface area contributed by atoms with Crippen LogP contribution in [0.1, 0.15) is 44.1 Å². The van der Waals surface area contributed by atoms with Crippen LogP contribution in [-0.4, -0.2) is 17.3 Å². The predicted molar refractivity (Wildman–Crippen MR) is 81.7 cm³/mol. The largest absolute Gasteiger partial charge is 0.398 e. The van der Waals surface area contributed by atoms with Gasteiger partial charge in [-0.25, -0.2) is 0 Å². The number of hydrogen-bond donors (Lipinski definition) is 3. The van der Waals surface area contributed by atoms with E-state index < -0.39 is 5.60 Å². The van der Waals surface area contributed by atoms with Crippen LogP contribution in [0.25, 0.3) is 0 Å². The summed E-state index contributed by atoms with van der Waals surface area (Å²) in [6.07, 6.45) is 6.44. The second kappa shape index (κ2) is 6.02. The molecule has 2 rings (SSSR count). The van der Waals surface area contributed by atoms with Gasteiger partial charge in [-0.1, -0.05) is 37.3 Å². The Balaban J connectivity index is 2.03. The zero-order valence-corrected chi connectivity index (χ0v) is 12.3. The van der Waals surface area contributed by atoms with E-state index >= 15 is 0 Å². The summed E-state index contributed by atoms with van der Waals surface area (Å²) in [5.74, 6) is 0. The molecule has 0 unspecified atom stereocenters. The summed E-state index contributed by atoms with van der Waals surface area (Å²) < 4.78 is 0. The van der Waals surface area contributed by atoms with Gasteiger partial charge in [0.05, 0.1) is 16.3 Å². The fraction of sp³-hybridized carbons (Fsp3) is 0.600. The fourth-order valence-corrected chi connectivity index (χ4v) is 2.88. The van der Waals surface area contributed by atoms with Crippen molar-refractivity contribution in [1.82, 2.24) is 0 Å². The quantitative estimate of drug-likeness (QED) is 0.585. The Bertz CT molecular complexity index is 440. The van der Waals surface area contributed by atoms with Crippen LogP contribution in [-0.2, 0) is 0 Å². The van der Waals surface area contributed by atoms with Crippen LogP contribution in [0.15, 0.2) is 12.1 Å². The van der Waals surface area contributed by atoms with E-state index in [2.05, 4.69) is 5.32 Å². The number of nitrogens with two attached hydrogens (primary N) is 1. The second-order valence-corrected chi connectivity index (χ2v) is 6.09. The lowest BCUT2D eigenvalue weighted by Crippen LogP contribution is -2.36. The molecule has 1 fully saturated rings. The van der Waals surface area contributed by atoms with E-state index in [1.165, 1.54) is 12.8 Å². The standard InChI is InChI=1S/C15H23ClN2O/c1-11-8-13(17)12(16)9-14(11)18-10-15(19)6-4-2-3-5-7-15/h8-9,18-19H,2-7,10,17H2,1H3. The molecule has 1 aliphatic carbocycles. The third-order valence-electron chi connectivity index (χ3n) is 3.99. The molecule has 0 aliphatic heterocycles. The first-order valence-electron chi connectivity index (χ1n) is 7.02. The maximum Gasteiger partial charge on any atom is 0.0819 e. The highest BCUT2D eigenvalue weighted by molar-refractivity contribution is 6.33. The first-order chi connectivity index (χ1) is 9.00. The molecule has 1 saturated carbocycles. The Morgan fingerprint density at radius 2 is 1.89 bits per heavy atom. The molecule has 4 N–H and O–H groups in total. The molecule has 0 saturated heterocycles. The average Bonchev–Trinajstić information content (AvgIpc) is 2.58. The lowest BCUT2D eigenvalue weighted by atomic mass is 9.94. The number of anilines is 2. The van der Waals surface area contributed by atoms with Gasteiger partial charge < -0.3 is 16.2 Å². The number of rotatable bonds is 3. The molecule has 0 aromatic heterocycles. The molecule has 106 valence electrons. The zero-order chi connectivity index (χ0) is 13.9. The number of hydrogen-bond acceptors (Lipinski definition) is 3. The van der Waals surface area contributed by atoms with Crippen molar-refractivity contribution in [3.63, 3.8) is 0 Å². The maximum atomic E-state index is 10.6. The normalized spacial score (nSPS) is 18.9. The molecule has 0 bridgehead atoms. The Morgan fingerprint density at radius 1 is 1.26 bits per heavy atom. The van der Waals surface area contributed by atoms with E-state index in [1.54, 1.807) is 0 Å². The van der Waals surface area contributed by atoms with Crippen LogP contribution in [0.3, 0.4) is 0 Å². The second-order valence-electron chi connectivity index (χ2n) is 5.68. The van der Waals surface area contributed by atoms with Crippen molar-refractivity contribution in [2.45, 2.75) is 51.0 Å². The van der Waals surface area contributed by atoms with Gasteiger partial charge in [0.2, 0.25) is 0 Å². The van der Waals surface area contributed by atoms with Gasteiger partial charge in [-0.3, -0.25) is 0 Å². The Labute approximate surface area is 120 Å². The van der Waals surface area contributed by atoms with Crippen LogP contribution in [0.4, 0.5) is 11.4 Å². The van der Waals surface area contributed by atoms with Gasteiger partial charge in [-0.2, -0.15) is 0 Å². The summed E-state index contributed by atoms with van der Waals surface area (Å²) >= 11 is 6.04. The van der Waals surface area contributed by atoms with Gasteiger partial charge in [0, 0.05) is 12.2 Å². The third kappa shape index (κ3) is 3.77. The smallest absolute Gasteiger partial charge is 0.0819 e. The van der Waals surface area contributed by atoms with Crippen molar-refractivity contribution < 1.29 is 5.11 Å². The fourth-order valence-electron chi connectivity index (χ4n) is 2.72. The number of nitrogens with one attached hydrogen (secondary N) is 1. The molecular weight excluding hydrogens is 260 g/mol. The van der Waals surface area contributed by atoms with Crippen LogP contribution in [0.2, 0.25) is 5.02 Å². The Hall–Kier alpha value is -0.930. The van der Waals surface area contributed by atoms with E-state index in [9.17, 15) is 5.11 Å². The number of benzene rings is 1. The monoisotopic (exact) mass is 282 g/mol. The van der Waals surface area contributed by atoms with Gasteiger partial charge in [0.15, 0.2) is 0 Å². The predicted octanol–water partition coefficient (Wildman–Crippen LogP) is 3.73. The molecular formula is C15H23ClN2O. The first kappa shape index (κ1) is 14.5. The van der Waals surface area contributed by atoms with Gasteiger partial charge >= 0.3 is 0 Å². The van der Waals surface area contributed by atoms with Gasteiger partial charge in [-0.05, 0) is 37.5 Å².